The zero-order chi connectivity index (χ0) is 10.1. The van der Waals surface area contributed by atoms with Gasteiger partial charge in [-0.25, -0.2) is 0 Å². The fourth-order valence-electron chi connectivity index (χ4n) is 1.07. The van der Waals surface area contributed by atoms with Gasteiger partial charge >= 0.3 is 0 Å². The van der Waals surface area contributed by atoms with E-state index in [0.29, 0.717) is 5.92 Å². The molecular weight excluding hydrogens is 184 g/mol. The van der Waals surface area contributed by atoms with Crippen LogP contribution in [0.3, 0.4) is 0 Å². The Morgan fingerprint density at radius 1 is 1.15 bits per heavy atom. The fourth-order valence-corrected chi connectivity index (χ4v) is 1.34. The van der Waals surface area contributed by atoms with E-state index in [-0.39, 0.29) is 5.56 Å². The number of halogens is 1. The Morgan fingerprint density at radius 2 is 1.85 bits per heavy atom. The summed E-state index contributed by atoms with van der Waals surface area (Å²) in [6, 6.07) is 0. The molecular formula is C11H23ClO. The Kier molecular flexibility index (Phi) is 9.00. The van der Waals surface area contributed by atoms with Crippen LogP contribution in [0, 0.1) is 5.92 Å². The number of ether oxygens (including phenoxy) is 1. The third-order valence-electron chi connectivity index (χ3n) is 2.37. The third-order valence-corrected chi connectivity index (χ3v) is 2.92. The van der Waals surface area contributed by atoms with E-state index in [2.05, 4.69) is 20.8 Å². The molecule has 0 radical (unpaired) electrons. The van der Waals surface area contributed by atoms with E-state index >= 15 is 0 Å². The summed E-state index contributed by atoms with van der Waals surface area (Å²) in [4.78, 5) is 0. The van der Waals surface area contributed by atoms with Crippen molar-refractivity contribution in [1.29, 1.82) is 0 Å². The summed E-state index contributed by atoms with van der Waals surface area (Å²) < 4.78 is 5.51. The van der Waals surface area contributed by atoms with Gasteiger partial charge in [0.2, 0.25) is 0 Å². The molecule has 1 nitrogen and oxygen atoms in total. The van der Waals surface area contributed by atoms with Crippen LogP contribution in [0.5, 0.6) is 0 Å². The summed E-state index contributed by atoms with van der Waals surface area (Å²) in [6.07, 6.45) is 6.08. The summed E-state index contributed by atoms with van der Waals surface area (Å²) in [5.41, 5.74) is -0.0911. The molecule has 0 heterocycles. The zero-order valence-corrected chi connectivity index (χ0v) is 9.94. The largest absolute Gasteiger partial charge is 0.362 e. The van der Waals surface area contributed by atoms with E-state index < -0.39 is 0 Å². The molecule has 2 atom stereocenters. The highest BCUT2D eigenvalue weighted by Gasteiger charge is 2.11. The molecule has 80 valence electrons. The molecule has 0 saturated carbocycles. The molecule has 0 spiro atoms. The zero-order valence-electron chi connectivity index (χ0n) is 9.18. The van der Waals surface area contributed by atoms with E-state index in [9.17, 15) is 0 Å². The molecule has 13 heavy (non-hydrogen) atoms. The minimum Gasteiger partial charge on any atom is -0.362 e. The lowest BCUT2D eigenvalue weighted by atomic mass is 10.1. The van der Waals surface area contributed by atoms with Gasteiger partial charge in [-0.3, -0.25) is 0 Å². The predicted octanol–water partition coefficient (Wildman–Crippen LogP) is 4.19. The molecule has 0 aromatic heterocycles. The fraction of sp³-hybridized carbons (Fsp3) is 1.00. The van der Waals surface area contributed by atoms with Crippen molar-refractivity contribution < 1.29 is 4.74 Å². The quantitative estimate of drug-likeness (QED) is 0.428. The number of unbranched alkanes of at least 4 members (excludes halogenated alkanes) is 3. The van der Waals surface area contributed by atoms with Gasteiger partial charge in [0.05, 0.1) is 0 Å². The van der Waals surface area contributed by atoms with Crippen LogP contribution in [0.4, 0.5) is 0 Å². The van der Waals surface area contributed by atoms with Crippen LogP contribution in [0.1, 0.15) is 52.9 Å². The Balaban J connectivity index is 3.21. The minimum absolute atomic E-state index is 0.0911. The minimum atomic E-state index is -0.0911. The summed E-state index contributed by atoms with van der Waals surface area (Å²) in [5.74, 6) is 0.466. The van der Waals surface area contributed by atoms with Crippen LogP contribution in [0.15, 0.2) is 0 Å². The first-order valence-electron chi connectivity index (χ1n) is 5.48. The number of alkyl halides is 1. The summed E-state index contributed by atoms with van der Waals surface area (Å²) in [7, 11) is 0. The lowest BCUT2D eigenvalue weighted by molar-refractivity contribution is 0.0692. The van der Waals surface area contributed by atoms with Crippen LogP contribution in [-0.2, 0) is 4.74 Å². The lowest BCUT2D eigenvalue weighted by Gasteiger charge is -2.16. The molecule has 2 unspecified atom stereocenters. The Morgan fingerprint density at radius 3 is 2.38 bits per heavy atom. The maximum Gasteiger partial charge on any atom is 0.133 e. The standard InChI is InChI=1S/C11H23ClO/c1-4-6-7-8-9-13-11(12)10(3)5-2/h10-11H,4-9H2,1-3H3. The van der Waals surface area contributed by atoms with Crippen LogP contribution in [-0.4, -0.2) is 12.2 Å². The Bertz CT molecular complexity index is 106. The molecule has 0 fully saturated rings. The highest BCUT2D eigenvalue weighted by atomic mass is 35.5. The second-order valence-corrected chi connectivity index (χ2v) is 4.10. The van der Waals surface area contributed by atoms with Crippen molar-refractivity contribution in [1.82, 2.24) is 0 Å². The SMILES string of the molecule is CCCCCCOC(Cl)C(C)CC. The molecule has 0 aromatic rings. The highest BCUT2D eigenvalue weighted by Crippen LogP contribution is 2.15. The van der Waals surface area contributed by atoms with E-state index in [1.54, 1.807) is 0 Å². The van der Waals surface area contributed by atoms with E-state index in [0.717, 1.165) is 19.4 Å². The summed E-state index contributed by atoms with van der Waals surface area (Å²) in [6.45, 7) is 7.30. The first kappa shape index (κ1) is 13.2. The number of hydrogen-bond donors (Lipinski definition) is 0. The van der Waals surface area contributed by atoms with Gasteiger partial charge in [0.1, 0.15) is 5.56 Å². The second kappa shape index (κ2) is 8.83. The van der Waals surface area contributed by atoms with Gasteiger partial charge in [-0.2, -0.15) is 0 Å². The van der Waals surface area contributed by atoms with Crippen molar-refractivity contribution in [2.45, 2.75) is 58.4 Å². The molecule has 0 rings (SSSR count). The summed E-state index contributed by atoms with van der Waals surface area (Å²) >= 11 is 6.02. The average molecular weight is 207 g/mol. The van der Waals surface area contributed by atoms with Gasteiger partial charge < -0.3 is 4.74 Å². The number of rotatable bonds is 8. The van der Waals surface area contributed by atoms with Gasteiger partial charge in [-0.05, 0) is 18.8 Å². The van der Waals surface area contributed by atoms with Crippen molar-refractivity contribution in [2.75, 3.05) is 6.61 Å². The molecule has 0 aromatic carbocycles. The lowest BCUT2D eigenvalue weighted by Crippen LogP contribution is -2.15. The van der Waals surface area contributed by atoms with E-state index in [1.807, 2.05) is 0 Å². The third kappa shape index (κ3) is 7.33. The first-order chi connectivity index (χ1) is 6.22. The smallest absolute Gasteiger partial charge is 0.133 e. The highest BCUT2D eigenvalue weighted by molar-refractivity contribution is 6.19. The molecule has 0 aliphatic heterocycles. The average Bonchev–Trinajstić information content (AvgIpc) is 2.16. The monoisotopic (exact) mass is 206 g/mol. The van der Waals surface area contributed by atoms with Crippen molar-refractivity contribution >= 4 is 11.6 Å². The van der Waals surface area contributed by atoms with Crippen LogP contribution >= 0.6 is 11.6 Å². The van der Waals surface area contributed by atoms with Crippen molar-refractivity contribution in [2.24, 2.45) is 5.92 Å². The van der Waals surface area contributed by atoms with Crippen molar-refractivity contribution in [3.63, 3.8) is 0 Å². The van der Waals surface area contributed by atoms with Crippen molar-refractivity contribution in [3.8, 4) is 0 Å². The second-order valence-electron chi connectivity index (χ2n) is 3.67. The van der Waals surface area contributed by atoms with Crippen LogP contribution in [0.25, 0.3) is 0 Å². The Labute approximate surface area is 87.8 Å². The van der Waals surface area contributed by atoms with Gasteiger partial charge in [-0.15, -0.1) is 0 Å². The van der Waals surface area contributed by atoms with Crippen molar-refractivity contribution in [3.05, 3.63) is 0 Å². The first-order valence-corrected chi connectivity index (χ1v) is 5.91. The van der Waals surface area contributed by atoms with Crippen LogP contribution in [0.2, 0.25) is 0 Å². The summed E-state index contributed by atoms with van der Waals surface area (Å²) in [5, 5.41) is 0. The normalized spacial score (nSPS) is 15.7. The van der Waals surface area contributed by atoms with Crippen LogP contribution < -0.4 is 0 Å². The van der Waals surface area contributed by atoms with Gasteiger partial charge in [0.15, 0.2) is 0 Å². The van der Waals surface area contributed by atoms with Gasteiger partial charge in [0, 0.05) is 6.61 Å². The Hall–Kier alpha value is 0.250. The maximum atomic E-state index is 6.02. The maximum absolute atomic E-state index is 6.02. The molecule has 0 saturated heterocycles. The van der Waals surface area contributed by atoms with Gasteiger partial charge in [0.25, 0.3) is 0 Å². The molecule has 2 heteroatoms. The van der Waals surface area contributed by atoms with E-state index in [4.69, 9.17) is 16.3 Å². The molecule has 0 amide bonds. The topological polar surface area (TPSA) is 9.23 Å². The van der Waals surface area contributed by atoms with Gasteiger partial charge in [-0.1, -0.05) is 51.6 Å². The molecule has 0 aliphatic carbocycles. The van der Waals surface area contributed by atoms with E-state index in [1.165, 1.54) is 19.3 Å². The molecule has 0 N–H and O–H groups in total. The molecule has 0 bridgehead atoms. The number of hydrogen-bond acceptors (Lipinski definition) is 1. The molecule has 0 aliphatic rings. The predicted molar refractivity (Wildman–Crippen MR) is 59.2 cm³/mol.